The Kier molecular flexibility index (Phi) is 6.68. The van der Waals surface area contributed by atoms with Crippen molar-refractivity contribution in [3.8, 4) is 11.5 Å². The van der Waals surface area contributed by atoms with Crippen molar-refractivity contribution >= 4 is 33.5 Å². The maximum Gasteiger partial charge on any atom is 0.228 e. The van der Waals surface area contributed by atoms with E-state index in [0.29, 0.717) is 33.0 Å². The van der Waals surface area contributed by atoms with Gasteiger partial charge in [0.1, 0.15) is 28.3 Å². The Morgan fingerprint density at radius 3 is 2.66 bits per heavy atom. The van der Waals surface area contributed by atoms with Crippen LogP contribution in [-0.4, -0.2) is 24.9 Å². The molecule has 35 heavy (non-hydrogen) atoms. The van der Waals surface area contributed by atoms with Gasteiger partial charge in [-0.05, 0) is 63.6 Å². The van der Waals surface area contributed by atoms with Crippen molar-refractivity contribution in [3.63, 3.8) is 0 Å². The molecule has 2 aromatic heterocycles. The highest BCUT2D eigenvalue weighted by atomic mass is 32.2. The van der Waals surface area contributed by atoms with Crippen LogP contribution in [0.4, 0.5) is 10.1 Å². The van der Waals surface area contributed by atoms with E-state index in [1.165, 1.54) is 6.07 Å². The van der Waals surface area contributed by atoms with Gasteiger partial charge in [0.2, 0.25) is 5.91 Å². The molecule has 2 aromatic carbocycles. The van der Waals surface area contributed by atoms with Gasteiger partial charge in [0.25, 0.3) is 0 Å². The highest BCUT2D eigenvalue weighted by Gasteiger charge is 2.18. The third-order valence-corrected chi connectivity index (χ3v) is 6.17. The van der Waals surface area contributed by atoms with Crippen molar-refractivity contribution in [3.05, 3.63) is 71.9 Å². The molecule has 0 saturated carbocycles. The summed E-state index contributed by atoms with van der Waals surface area (Å²) in [6.45, 7) is 7.59. The molecule has 8 nitrogen and oxygen atoms in total. The summed E-state index contributed by atoms with van der Waals surface area (Å²) >= 11 is 0. The number of nitrogens with two attached hydrogens (primary N) is 1. The minimum Gasteiger partial charge on any atom is -0.456 e. The molecule has 0 spiro atoms. The summed E-state index contributed by atoms with van der Waals surface area (Å²) < 4.78 is 34.6. The fourth-order valence-electron chi connectivity index (χ4n) is 3.54. The third kappa shape index (κ3) is 5.39. The first-order valence-electron chi connectivity index (χ1n) is 10.9. The topological polar surface area (TPSA) is 112 Å². The maximum atomic E-state index is 15.2. The summed E-state index contributed by atoms with van der Waals surface area (Å²) in [6, 6.07) is 9.76. The standard InChI is InChI=1S/C25H26FN5O3S/c1-15-21(34-22-9-10-28-20-7-6-18(35(27)33)12-19(20)22)8-5-16(24(15)26)11-23(32)30-17-13-29-31(14-17)25(2,3)4/h5-10,12-14H,11,27H2,1-4H3,(H,30,32). The molecular weight excluding hydrogens is 469 g/mol. The van der Waals surface area contributed by atoms with E-state index in [4.69, 9.17) is 9.88 Å². The molecule has 4 rings (SSSR count). The molecule has 4 aromatic rings. The Balaban J connectivity index is 1.53. The molecule has 10 heteroatoms. The second-order valence-corrected chi connectivity index (χ2v) is 10.2. The molecule has 0 aliphatic rings. The number of aromatic nitrogens is 3. The number of benzene rings is 2. The molecule has 2 heterocycles. The summed E-state index contributed by atoms with van der Waals surface area (Å²) in [4.78, 5) is 17.2. The quantitative estimate of drug-likeness (QED) is 0.406. The number of hydrogen-bond acceptors (Lipinski definition) is 5. The fourth-order valence-corrected chi connectivity index (χ4v) is 3.97. The van der Waals surface area contributed by atoms with Gasteiger partial charge >= 0.3 is 0 Å². The number of halogens is 1. The van der Waals surface area contributed by atoms with Gasteiger partial charge in [-0.2, -0.15) is 5.10 Å². The van der Waals surface area contributed by atoms with Gasteiger partial charge in [0.15, 0.2) is 0 Å². The molecule has 1 atom stereocenters. The van der Waals surface area contributed by atoms with Crippen LogP contribution in [0.5, 0.6) is 11.5 Å². The molecule has 0 aliphatic heterocycles. The van der Waals surface area contributed by atoms with Gasteiger partial charge in [0, 0.05) is 23.3 Å². The second-order valence-electron chi connectivity index (χ2n) is 9.12. The van der Waals surface area contributed by atoms with Crippen LogP contribution in [0.1, 0.15) is 31.9 Å². The third-order valence-electron chi connectivity index (χ3n) is 5.45. The van der Waals surface area contributed by atoms with Gasteiger partial charge in [-0.1, -0.05) is 6.07 Å². The maximum absolute atomic E-state index is 15.2. The Bertz CT molecular complexity index is 1450. The van der Waals surface area contributed by atoms with Crippen LogP contribution >= 0.6 is 0 Å². The van der Waals surface area contributed by atoms with Gasteiger partial charge < -0.3 is 10.1 Å². The lowest BCUT2D eigenvalue weighted by Gasteiger charge is -2.18. The van der Waals surface area contributed by atoms with E-state index in [9.17, 15) is 9.00 Å². The number of rotatable bonds is 6. The normalized spacial score (nSPS) is 12.5. The van der Waals surface area contributed by atoms with Gasteiger partial charge in [-0.15, -0.1) is 0 Å². The molecule has 1 amide bonds. The van der Waals surface area contributed by atoms with Crippen LogP contribution < -0.4 is 15.2 Å². The van der Waals surface area contributed by atoms with Crippen LogP contribution in [0.15, 0.2) is 59.9 Å². The first-order chi connectivity index (χ1) is 16.5. The number of carbonyl (C=O) groups excluding carboxylic acids is 1. The number of nitrogens with zero attached hydrogens (tertiary/aromatic N) is 3. The van der Waals surface area contributed by atoms with E-state index in [2.05, 4.69) is 15.4 Å². The van der Waals surface area contributed by atoms with Crippen LogP contribution in [-0.2, 0) is 27.7 Å². The van der Waals surface area contributed by atoms with Gasteiger partial charge in [-0.3, -0.25) is 14.5 Å². The number of hydrogen-bond donors (Lipinski definition) is 2. The first kappa shape index (κ1) is 24.5. The molecule has 0 aliphatic carbocycles. The van der Waals surface area contributed by atoms with Crippen molar-refractivity contribution in [1.82, 2.24) is 14.8 Å². The van der Waals surface area contributed by atoms with Crippen molar-refractivity contribution in [2.45, 2.75) is 44.6 Å². The molecule has 0 fully saturated rings. The van der Waals surface area contributed by atoms with E-state index in [-0.39, 0.29) is 29.0 Å². The van der Waals surface area contributed by atoms with Crippen LogP contribution in [0.3, 0.4) is 0 Å². The Morgan fingerprint density at radius 1 is 1.20 bits per heavy atom. The number of nitrogens with one attached hydrogen (secondary N) is 1. The number of anilines is 1. The van der Waals surface area contributed by atoms with Crippen molar-refractivity contribution in [2.75, 3.05) is 5.32 Å². The van der Waals surface area contributed by atoms with Crippen LogP contribution in [0.25, 0.3) is 10.9 Å². The van der Waals surface area contributed by atoms with Crippen molar-refractivity contribution in [1.29, 1.82) is 0 Å². The van der Waals surface area contributed by atoms with E-state index in [0.717, 1.165) is 0 Å². The van der Waals surface area contributed by atoms with E-state index in [1.54, 1.807) is 60.5 Å². The average Bonchev–Trinajstić information content (AvgIpc) is 3.27. The van der Waals surface area contributed by atoms with E-state index >= 15 is 4.39 Å². The predicted molar refractivity (Wildman–Crippen MR) is 133 cm³/mol. The highest BCUT2D eigenvalue weighted by molar-refractivity contribution is 7.82. The number of carbonyl (C=O) groups is 1. The number of ether oxygens (including phenoxy) is 1. The number of amides is 1. The summed E-state index contributed by atoms with van der Waals surface area (Å²) in [5.41, 5.74) is 1.46. The Labute approximate surface area is 204 Å². The lowest BCUT2D eigenvalue weighted by Crippen LogP contribution is -2.22. The monoisotopic (exact) mass is 495 g/mol. The second kappa shape index (κ2) is 9.55. The molecule has 0 radical (unpaired) electrons. The zero-order valence-electron chi connectivity index (χ0n) is 19.8. The zero-order valence-corrected chi connectivity index (χ0v) is 20.6. The van der Waals surface area contributed by atoms with E-state index < -0.39 is 16.8 Å². The summed E-state index contributed by atoms with van der Waals surface area (Å²) in [5.74, 6) is -0.158. The molecule has 0 bridgehead atoms. The summed E-state index contributed by atoms with van der Waals surface area (Å²) in [7, 11) is -1.66. The molecule has 182 valence electrons. The lowest BCUT2D eigenvalue weighted by atomic mass is 10.1. The summed E-state index contributed by atoms with van der Waals surface area (Å²) in [5, 5.41) is 13.1. The Morgan fingerprint density at radius 2 is 1.97 bits per heavy atom. The molecule has 1 unspecified atom stereocenters. The van der Waals surface area contributed by atoms with Gasteiger partial charge in [-0.25, -0.2) is 13.7 Å². The fraction of sp³-hybridized carbons (Fsp3) is 0.240. The Hall–Kier alpha value is -3.63. The van der Waals surface area contributed by atoms with Crippen molar-refractivity contribution < 1.29 is 18.1 Å². The minimum absolute atomic E-state index is 0.141. The molecule has 3 N–H and O–H groups in total. The van der Waals surface area contributed by atoms with Gasteiger partial charge in [0.05, 0.1) is 34.3 Å². The summed E-state index contributed by atoms with van der Waals surface area (Å²) in [6.07, 6.45) is 4.73. The molecule has 0 saturated heterocycles. The van der Waals surface area contributed by atoms with Crippen LogP contribution in [0, 0.1) is 12.7 Å². The largest absolute Gasteiger partial charge is 0.456 e. The zero-order chi connectivity index (χ0) is 25.3. The predicted octanol–water partition coefficient (Wildman–Crippen LogP) is 4.59. The average molecular weight is 496 g/mol. The highest BCUT2D eigenvalue weighted by Crippen LogP contribution is 2.33. The smallest absolute Gasteiger partial charge is 0.228 e. The lowest BCUT2D eigenvalue weighted by molar-refractivity contribution is -0.115. The SMILES string of the molecule is Cc1c(Oc2ccnc3ccc(S(N)=O)cc23)ccc(CC(=O)Nc2cnn(C(C)(C)C)c2)c1F. The van der Waals surface area contributed by atoms with E-state index in [1.807, 2.05) is 20.8 Å². The molecular formula is C25H26FN5O3S. The van der Waals surface area contributed by atoms with Crippen LogP contribution in [0.2, 0.25) is 0 Å². The number of pyridine rings is 1. The first-order valence-corrected chi connectivity index (χ1v) is 12.1. The number of fused-ring (bicyclic) bond motifs is 1. The minimum atomic E-state index is -1.66. The van der Waals surface area contributed by atoms with Crippen molar-refractivity contribution in [2.24, 2.45) is 5.14 Å².